The number of carbonyl (C=O) groups is 1. The maximum absolute atomic E-state index is 13.2. The van der Waals surface area contributed by atoms with Gasteiger partial charge in [0.1, 0.15) is 18.0 Å². The molecule has 0 radical (unpaired) electrons. The molecule has 1 saturated heterocycles. The molecule has 2 heterocycles. The van der Waals surface area contributed by atoms with Crippen molar-refractivity contribution in [1.82, 2.24) is 9.55 Å². The first-order valence-corrected chi connectivity index (χ1v) is 20.1. The molecular formula is C28H43Cl2N3O5Si2. The molecule has 1 aliphatic heterocycles. The van der Waals surface area contributed by atoms with Crippen molar-refractivity contribution in [3.63, 3.8) is 0 Å². The molecule has 1 aliphatic rings. The van der Waals surface area contributed by atoms with Crippen LogP contribution >= 0.6 is 23.2 Å². The summed E-state index contributed by atoms with van der Waals surface area (Å²) in [6.07, 6.45) is -0.985. The average Bonchev–Trinajstić information content (AvgIpc) is 3.06. The van der Waals surface area contributed by atoms with E-state index in [2.05, 4.69) is 78.0 Å². The number of nitrogens with zero attached hydrogens (tertiary/aromatic N) is 2. The molecule has 1 aromatic heterocycles. The number of amides is 1. The van der Waals surface area contributed by atoms with Crippen molar-refractivity contribution in [2.75, 3.05) is 11.9 Å². The van der Waals surface area contributed by atoms with E-state index in [1.54, 1.807) is 24.3 Å². The van der Waals surface area contributed by atoms with Crippen LogP contribution in [0.4, 0.5) is 5.82 Å². The van der Waals surface area contributed by atoms with Crippen LogP contribution in [-0.4, -0.2) is 55.2 Å². The van der Waals surface area contributed by atoms with E-state index in [1.807, 2.05) is 6.07 Å². The molecule has 1 unspecified atom stereocenters. The van der Waals surface area contributed by atoms with Gasteiger partial charge in [-0.05, 0) is 54.5 Å². The van der Waals surface area contributed by atoms with Crippen molar-refractivity contribution in [1.29, 1.82) is 0 Å². The van der Waals surface area contributed by atoms with Gasteiger partial charge in [0.05, 0.1) is 6.61 Å². The molecule has 1 aromatic carbocycles. The van der Waals surface area contributed by atoms with Crippen molar-refractivity contribution in [2.24, 2.45) is 0 Å². The number of anilines is 1. The van der Waals surface area contributed by atoms with Crippen LogP contribution in [0.2, 0.25) is 36.3 Å². The van der Waals surface area contributed by atoms with Gasteiger partial charge < -0.3 is 18.9 Å². The van der Waals surface area contributed by atoms with Crippen LogP contribution in [0.1, 0.15) is 58.1 Å². The number of carbonyl (C=O) groups excluding carboxylic acids is 1. The highest BCUT2D eigenvalue weighted by Gasteiger charge is 2.59. The molecule has 2 aromatic rings. The fourth-order valence-corrected chi connectivity index (χ4v) is 6.86. The topological polar surface area (TPSA) is 91.7 Å². The minimum absolute atomic E-state index is 0.0132. The SMILES string of the molecule is CC(C)(C)[Si](C)(C)OC[C@H]1OC(n2ccc(NC(=O)c3ccccc3)nc2=O)C(Cl)(Cl)[C@@H]1O[Si](C)(C)C(C)(C)C. The summed E-state index contributed by atoms with van der Waals surface area (Å²) < 4.78 is 19.3. The van der Waals surface area contributed by atoms with Crippen molar-refractivity contribution in [3.05, 3.63) is 58.6 Å². The molecule has 8 nitrogen and oxygen atoms in total. The van der Waals surface area contributed by atoms with E-state index in [4.69, 9.17) is 36.8 Å². The highest BCUT2D eigenvalue weighted by atomic mass is 35.5. The largest absolute Gasteiger partial charge is 0.414 e. The second kappa shape index (κ2) is 11.6. The minimum atomic E-state index is -2.36. The summed E-state index contributed by atoms with van der Waals surface area (Å²) >= 11 is 14.1. The summed E-state index contributed by atoms with van der Waals surface area (Å²) in [6.45, 7) is 21.7. The average molecular weight is 629 g/mol. The zero-order valence-electron chi connectivity index (χ0n) is 25.2. The minimum Gasteiger partial charge on any atom is -0.414 e. The molecule has 1 N–H and O–H groups in total. The Balaban J connectivity index is 1.92. The lowest BCUT2D eigenvalue weighted by atomic mass is 10.2. The second-order valence-electron chi connectivity index (χ2n) is 13.4. The first-order chi connectivity index (χ1) is 18.2. The van der Waals surface area contributed by atoms with Crippen molar-refractivity contribution >= 4 is 51.6 Å². The summed E-state index contributed by atoms with van der Waals surface area (Å²) in [4.78, 5) is 29.8. The molecule has 40 heavy (non-hydrogen) atoms. The van der Waals surface area contributed by atoms with E-state index < -0.39 is 45.1 Å². The molecule has 0 saturated carbocycles. The Morgan fingerprint density at radius 1 is 1.02 bits per heavy atom. The normalized spacial score (nSPS) is 21.9. The lowest BCUT2D eigenvalue weighted by Crippen LogP contribution is -2.52. The van der Waals surface area contributed by atoms with Crippen molar-refractivity contribution in [2.45, 2.75) is 101 Å². The Morgan fingerprint density at radius 3 is 2.12 bits per heavy atom. The van der Waals surface area contributed by atoms with E-state index in [1.165, 1.54) is 16.8 Å². The number of halogens is 2. The van der Waals surface area contributed by atoms with Gasteiger partial charge in [-0.15, -0.1) is 0 Å². The molecule has 12 heteroatoms. The summed E-state index contributed by atoms with van der Waals surface area (Å²) in [5.74, 6) is -0.271. The number of nitrogens with one attached hydrogen (secondary N) is 1. The van der Waals surface area contributed by atoms with Gasteiger partial charge in [-0.2, -0.15) is 4.98 Å². The molecule has 0 bridgehead atoms. The van der Waals surface area contributed by atoms with Crippen LogP contribution in [0.5, 0.6) is 0 Å². The van der Waals surface area contributed by atoms with Gasteiger partial charge in [0.2, 0.25) is 0 Å². The Kier molecular flexibility index (Phi) is 9.58. The van der Waals surface area contributed by atoms with E-state index in [0.717, 1.165) is 0 Å². The summed E-state index contributed by atoms with van der Waals surface area (Å²) in [5, 5.41) is 2.52. The fourth-order valence-electron chi connectivity index (χ4n) is 3.69. The maximum atomic E-state index is 13.2. The monoisotopic (exact) mass is 627 g/mol. The number of rotatable bonds is 8. The summed E-state index contributed by atoms with van der Waals surface area (Å²) in [7, 11) is -4.50. The quantitative estimate of drug-likeness (QED) is 0.251. The number of alkyl halides is 2. The third-order valence-electron chi connectivity index (χ3n) is 8.35. The van der Waals surface area contributed by atoms with Crippen LogP contribution in [0, 0.1) is 0 Å². The summed E-state index contributed by atoms with van der Waals surface area (Å²) in [6, 6.07) is 10.2. The van der Waals surface area contributed by atoms with Gasteiger partial charge in [0.25, 0.3) is 5.91 Å². The van der Waals surface area contributed by atoms with Gasteiger partial charge >= 0.3 is 5.69 Å². The van der Waals surface area contributed by atoms with E-state index in [9.17, 15) is 9.59 Å². The lowest BCUT2D eigenvalue weighted by molar-refractivity contribution is -0.0415. The first kappa shape index (κ1) is 33.0. The van der Waals surface area contributed by atoms with Gasteiger partial charge in [0, 0.05) is 11.8 Å². The molecule has 1 amide bonds. The number of ether oxygens (including phenoxy) is 1. The van der Waals surface area contributed by atoms with Gasteiger partial charge in [-0.25, -0.2) is 4.79 Å². The Morgan fingerprint density at radius 2 is 1.60 bits per heavy atom. The number of benzene rings is 1. The Labute approximate surface area is 250 Å². The highest BCUT2D eigenvalue weighted by Crippen LogP contribution is 2.51. The van der Waals surface area contributed by atoms with Gasteiger partial charge in [-0.1, -0.05) is 82.9 Å². The number of aromatic nitrogens is 2. The second-order valence-corrected chi connectivity index (χ2v) is 24.4. The van der Waals surface area contributed by atoms with E-state index >= 15 is 0 Å². The van der Waals surface area contributed by atoms with Crippen LogP contribution in [0.15, 0.2) is 47.4 Å². The predicted molar refractivity (Wildman–Crippen MR) is 166 cm³/mol. The van der Waals surface area contributed by atoms with Gasteiger partial charge in [0.15, 0.2) is 27.2 Å². The molecule has 3 atom stereocenters. The zero-order valence-corrected chi connectivity index (χ0v) is 28.7. The van der Waals surface area contributed by atoms with Crippen LogP contribution in [-0.2, 0) is 13.6 Å². The van der Waals surface area contributed by atoms with E-state index in [-0.39, 0.29) is 28.4 Å². The predicted octanol–water partition coefficient (Wildman–Crippen LogP) is 6.98. The molecule has 0 aliphatic carbocycles. The third kappa shape index (κ3) is 7.08. The highest BCUT2D eigenvalue weighted by molar-refractivity contribution is 6.74. The molecular weight excluding hydrogens is 585 g/mol. The van der Waals surface area contributed by atoms with Gasteiger partial charge in [-0.3, -0.25) is 9.36 Å². The van der Waals surface area contributed by atoms with Crippen LogP contribution in [0.3, 0.4) is 0 Å². The van der Waals surface area contributed by atoms with Crippen LogP contribution in [0.25, 0.3) is 0 Å². The number of hydrogen-bond acceptors (Lipinski definition) is 6. The Bertz CT molecular complexity index is 1260. The third-order valence-corrected chi connectivity index (χ3v) is 18.1. The zero-order chi connectivity index (χ0) is 30.3. The first-order valence-electron chi connectivity index (χ1n) is 13.5. The summed E-state index contributed by atoms with van der Waals surface area (Å²) in [5.41, 5.74) is -0.220. The van der Waals surface area contributed by atoms with E-state index in [0.29, 0.717) is 5.56 Å². The smallest absolute Gasteiger partial charge is 0.351 e. The molecule has 0 spiro atoms. The van der Waals surface area contributed by atoms with Crippen molar-refractivity contribution in [3.8, 4) is 0 Å². The maximum Gasteiger partial charge on any atom is 0.351 e. The molecule has 1 fully saturated rings. The standard InChI is InChI=1S/C28H43Cl2N3O5Si2/c1-26(2,3)39(7,8)36-18-20-22(38-40(9,10)27(4,5)6)28(29,30)24(37-20)33-17-16-21(32-25(33)35)31-23(34)19-14-12-11-13-15-19/h11-17,20,22,24H,18H2,1-10H3,(H,31,32,34,35)/t20-,22-,24?/m1/s1. The lowest BCUT2D eigenvalue weighted by Gasteiger charge is -2.42. The van der Waals surface area contributed by atoms with Crippen molar-refractivity contribution < 1.29 is 18.4 Å². The molecule has 3 rings (SSSR count). The van der Waals surface area contributed by atoms with Crippen LogP contribution < -0.4 is 11.0 Å². The molecule has 222 valence electrons. The fraction of sp³-hybridized carbons (Fsp3) is 0.607. The number of hydrogen-bond donors (Lipinski definition) is 1. The Hall–Kier alpha value is -1.54.